The number of carbonyl (C=O) groups excluding carboxylic acids is 1. The van der Waals surface area contributed by atoms with Gasteiger partial charge in [0.2, 0.25) is 5.91 Å². The van der Waals surface area contributed by atoms with Crippen LogP contribution in [0.2, 0.25) is 5.02 Å². The predicted octanol–water partition coefficient (Wildman–Crippen LogP) is 1.92. The maximum atomic E-state index is 11.8. The van der Waals surface area contributed by atoms with Gasteiger partial charge in [-0.15, -0.1) is 0 Å². The van der Waals surface area contributed by atoms with Crippen LogP contribution in [0, 0.1) is 17.2 Å². The molecule has 0 radical (unpaired) electrons. The summed E-state index contributed by atoms with van der Waals surface area (Å²) < 4.78 is 0. The number of amides is 1. The summed E-state index contributed by atoms with van der Waals surface area (Å²) in [7, 11) is 0. The number of benzene rings is 1. The zero-order chi connectivity index (χ0) is 14.1. The summed E-state index contributed by atoms with van der Waals surface area (Å²) in [5.74, 6) is 0.290. The van der Waals surface area contributed by atoms with Gasteiger partial charge >= 0.3 is 0 Å². The first kappa shape index (κ1) is 13.4. The molecule has 2 heterocycles. The predicted molar refractivity (Wildman–Crippen MR) is 76.1 cm³/mol. The number of hydrogen-bond donors (Lipinski definition) is 1. The highest BCUT2D eigenvalue weighted by atomic mass is 35.5. The smallest absolute Gasteiger partial charge is 0.224 e. The van der Waals surface area contributed by atoms with Gasteiger partial charge in [-0.1, -0.05) is 17.7 Å². The molecule has 0 unspecified atom stereocenters. The highest BCUT2D eigenvalue weighted by molar-refractivity contribution is 6.30. The second-order valence-electron chi connectivity index (χ2n) is 5.44. The molecule has 0 bridgehead atoms. The van der Waals surface area contributed by atoms with Gasteiger partial charge in [-0.05, 0) is 37.1 Å². The van der Waals surface area contributed by atoms with Crippen molar-refractivity contribution in [2.24, 2.45) is 5.92 Å². The van der Waals surface area contributed by atoms with Crippen LogP contribution in [0.3, 0.4) is 0 Å². The molecule has 4 nitrogen and oxygen atoms in total. The van der Waals surface area contributed by atoms with E-state index in [0.29, 0.717) is 17.1 Å². The standard InChI is InChI=1S/C15H16ClN3O/c16-12-4-3-10(11(6-12)7-17)9-19-5-1-2-13-14(19)8-18-15(13)20/h3-4,6,13-14H,1-2,5,8-9H2,(H,18,20)/t13-,14-/m1/s1. The van der Waals surface area contributed by atoms with Crippen LogP contribution in [0.25, 0.3) is 0 Å². The van der Waals surface area contributed by atoms with Crippen molar-refractivity contribution in [2.75, 3.05) is 13.1 Å². The molecule has 2 aliphatic heterocycles. The Morgan fingerprint density at radius 3 is 3.15 bits per heavy atom. The number of hydrogen-bond acceptors (Lipinski definition) is 3. The Kier molecular flexibility index (Phi) is 3.64. The van der Waals surface area contributed by atoms with Crippen molar-refractivity contribution in [2.45, 2.75) is 25.4 Å². The third-order valence-electron chi connectivity index (χ3n) is 4.28. The van der Waals surface area contributed by atoms with Gasteiger partial charge in [0.25, 0.3) is 0 Å². The van der Waals surface area contributed by atoms with E-state index in [-0.39, 0.29) is 17.9 Å². The van der Waals surface area contributed by atoms with Crippen molar-refractivity contribution in [3.8, 4) is 6.07 Å². The number of halogens is 1. The molecule has 1 amide bonds. The number of nitriles is 1. The summed E-state index contributed by atoms with van der Waals surface area (Å²) in [6.07, 6.45) is 2.00. The Labute approximate surface area is 123 Å². The molecule has 0 aromatic heterocycles. The summed E-state index contributed by atoms with van der Waals surface area (Å²) in [6, 6.07) is 7.90. The number of piperidine rings is 1. The second-order valence-corrected chi connectivity index (χ2v) is 5.88. The van der Waals surface area contributed by atoms with E-state index < -0.39 is 0 Å². The van der Waals surface area contributed by atoms with Crippen molar-refractivity contribution < 1.29 is 4.79 Å². The number of nitrogens with one attached hydrogen (secondary N) is 1. The zero-order valence-corrected chi connectivity index (χ0v) is 11.9. The number of carbonyl (C=O) groups is 1. The molecule has 1 N–H and O–H groups in total. The van der Waals surface area contributed by atoms with E-state index in [0.717, 1.165) is 31.5 Å². The average Bonchev–Trinajstić information content (AvgIpc) is 2.84. The lowest BCUT2D eigenvalue weighted by molar-refractivity contribution is -0.124. The quantitative estimate of drug-likeness (QED) is 0.905. The molecule has 20 heavy (non-hydrogen) atoms. The van der Waals surface area contributed by atoms with Crippen LogP contribution in [0.5, 0.6) is 0 Å². The molecule has 0 spiro atoms. The summed E-state index contributed by atoms with van der Waals surface area (Å²) in [5, 5.41) is 12.7. The fourth-order valence-corrected chi connectivity index (χ4v) is 3.42. The van der Waals surface area contributed by atoms with E-state index in [9.17, 15) is 10.1 Å². The molecule has 104 valence electrons. The van der Waals surface area contributed by atoms with Crippen LogP contribution in [0.15, 0.2) is 18.2 Å². The van der Waals surface area contributed by atoms with Crippen LogP contribution < -0.4 is 5.32 Å². The average molecular weight is 290 g/mol. The van der Waals surface area contributed by atoms with Crippen LogP contribution >= 0.6 is 11.6 Å². The Hall–Kier alpha value is -1.57. The fraction of sp³-hybridized carbons (Fsp3) is 0.467. The van der Waals surface area contributed by atoms with E-state index in [2.05, 4.69) is 16.3 Å². The normalized spacial score (nSPS) is 25.9. The van der Waals surface area contributed by atoms with Gasteiger partial charge in [-0.3, -0.25) is 9.69 Å². The Balaban J connectivity index is 1.81. The van der Waals surface area contributed by atoms with Crippen LogP contribution in [0.1, 0.15) is 24.0 Å². The lowest BCUT2D eigenvalue weighted by atomic mass is 9.91. The minimum Gasteiger partial charge on any atom is -0.354 e. The van der Waals surface area contributed by atoms with Crippen LogP contribution in [-0.2, 0) is 11.3 Å². The molecular weight excluding hydrogens is 274 g/mol. The lowest BCUT2D eigenvalue weighted by Gasteiger charge is -2.36. The number of nitrogens with zero attached hydrogens (tertiary/aromatic N) is 2. The number of rotatable bonds is 2. The van der Waals surface area contributed by atoms with Crippen molar-refractivity contribution in [1.82, 2.24) is 10.2 Å². The van der Waals surface area contributed by atoms with E-state index in [4.69, 9.17) is 11.6 Å². The van der Waals surface area contributed by atoms with Crippen molar-refractivity contribution in [1.29, 1.82) is 5.26 Å². The Bertz CT molecular complexity index is 581. The highest BCUT2D eigenvalue weighted by Gasteiger charge is 2.40. The van der Waals surface area contributed by atoms with E-state index in [1.165, 1.54) is 0 Å². The summed E-state index contributed by atoms with van der Waals surface area (Å²) >= 11 is 5.93. The molecule has 0 saturated carbocycles. The number of likely N-dealkylation sites (tertiary alicyclic amines) is 1. The molecule has 2 saturated heterocycles. The van der Waals surface area contributed by atoms with E-state index in [1.807, 2.05) is 12.1 Å². The minimum atomic E-state index is 0.113. The van der Waals surface area contributed by atoms with Gasteiger partial charge in [-0.25, -0.2) is 0 Å². The van der Waals surface area contributed by atoms with Crippen LogP contribution in [-0.4, -0.2) is 29.9 Å². The largest absolute Gasteiger partial charge is 0.354 e. The van der Waals surface area contributed by atoms with Crippen molar-refractivity contribution >= 4 is 17.5 Å². The lowest BCUT2D eigenvalue weighted by Crippen LogP contribution is -2.45. The molecule has 2 aliphatic rings. The summed E-state index contributed by atoms with van der Waals surface area (Å²) in [6.45, 7) is 2.40. The fourth-order valence-electron chi connectivity index (χ4n) is 3.25. The molecule has 2 fully saturated rings. The third kappa shape index (κ3) is 2.39. The van der Waals surface area contributed by atoms with Gasteiger partial charge < -0.3 is 5.32 Å². The first-order valence-electron chi connectivity index (χ1n) is 6.89. The van der Waals surface area contributed by atoms with Gasteiger partial charge in [0.15, 0.2) is 0 Å². The monoisotopic (exact) mass is 289 g/mol. The van der Waals surface area contributed by atoms with Gasteiger partial charge in [0, 0.05) is 24.2 Å². The highest BCUT2D eigenvalue weighted by Crippen LogP contribution is 2.29. The number of fused-ring (bicyclic) bond motifs is 1. The molecule has 1 aromatic carbocycles. The van der Waals surface area contributed by atoms with E-state index in [1.54, 1.807) is 6.07 Å². The Morgan fingerprint density at radius 1 is 1.50 bits per heavy atom. The third-order valence-corrected chi connectivity index (χ3v) is 4.52. The topological polar surface area (TPSA) is 56.1 Å². The molecule has 2 atom stereocenters. The first-order valence-corrected chi connectivity index (χ1v) is 7.27. The molecular formula is C15H16ClN3O. The zero-order valence-electron chi connectivity index (χ0n) is 11.1. The second kappa shape index (κ2) is 5.43. The first-order chi connectivity index (χ1) is 9.69. The SMILES string of the molecule is N#Cc1cc(Cl)ccc1CN1CCC[C@H]2C(=O)NC[C@H]21. The summed E-state index contributed by atoms with van der Waals surface area (Å²) in [5.41, 5.74) is 1.61. The molecule has 0 aliphatic carbocycles. The molecule has 5 heteroatoms. The van der Waals surface area contributed by atoms with E-state index >= 15 is 0 Å². The maximum absolute atomic E-state index is 11.8. The molecule has 1 aromatic rings. The minimum absolute atomic E-state index is 0.113. The van der Waals surface area contributed by atoms with Gasteiger partial charge in [0.05, 0.1) is 17.6 Å². The summed E-state index contributed by atoms with van der Waals surface area (Å²) in [4.78, 5) is 14.1. The van der Waals surface area contributed by atoms with Crippen molar-refractivity contribution in [3.05, 3.63) is 34.3 Å². The van der Waals surface area contributed by atoms with Gasteiger partial charge in [0.1, 0.15) is 0 Å². The Morgan fingerprint density at radius 2 is 2.35 bits per heavy atom. The van der Waals surface area contributed by atoms with Gasteiger partial charge in [-0.2, -0.15) is 5.26 Å². The maximum Gasteiger partial charge on any atom is 0.224 e. The van der Waals surface area contributed by atoms with Crippen LogP contribution in [0.4, 0.5) is 0 Å². The molecule has 3 rings (SSSR count). The van der Waals surface area contributed by atoms with Crippen molar-refractivity contribution in [3.63, 3.8) is 0 Å².